The molecule has 1 saturated heterocycles. The van der Waals surface area contributed by atoms with Gasteiger partial charge in [0.05, 0.1) is 26.1 Å². The van der Waals surface area contributed by atoms with Gasteiger partial charge >= 0.3 is 11.9 Å². The number of furan rings is 1. The quantitative estimate of drug-likeness (QED) is 0.708. The van der Waals surface area contributed by atoms with Crippen molar-refractivity contribution in [1.82, 2.24) is 0 Å². The first kappa shape index (κ1) is 16.5. The van der Waals surface area contributed by atoms with Crippen molar-refractivity contribution in [2.45, 2.75) is 38.6 Å². The standard InChI is InChI=1S/C15H20O7/c1-10(21-8-11-4-3-6-19-11)14(16)22-9-13-12(5-7-20-13)15(17)18-2/h5,7,10-11H,3-4,6,8-9H2,1-2H3. The maximum Gasteiger partial charge on any atom is 0.341 e. The molecule has 122 valence electrons. The van der Waals surface area contributed by atoms with E-state index in [1.165, 1.54) is 19.4 Å². The zero-order chi connectivity index (χ0) is 15.9. The molecule has 2 unspecified atom stereocenters. The van der Waals surface area contributed by atoms with E-state index in [0.29, 0.717) is 6.61 Å². The van der Waals surface area contributed by atoms with Crippen LogP contribution in [0, 0.1) is 0 Å². The van der Waals surface area contributed by atoms with Crippen molar-refractivity contribution in [1.29, 1.82) is 0 Å². The molecule has 1 aliphatic rings. The molecule has 1 aromatic heterocycles. The summed E-state index contributed by atoms with van der Waals surface area (Å²) in [5.74, 6) is -0.820. The van der Waals surface area contributed by atoms with E-state index in [2.05, 4.69) is 4.74 Å². The van der Waals surface area contributed by atoms with Crippen LogP contribution in [-0.4, -0.2) is 44.5 Å². The summed E-state index contributed by atoms with van der Waals surface area (Å²) < 4.78 is 25.7. The first-order chi connectivity index (χ1) is 10.6. The predicted molar refractivity (Wildman–Crippen MR) is 74.2 cm³/mol. The summed E-state index contributed by atoms with van der Waals surface area (Å²) >= 11 is 0. The van der Waals surface area contributed by atoms with E-state index in [-0.39, 0.29) is 24.0 Å². The molecular weight excluding hydrogens is 292 g/mol. The highest BCUT2D eigenvalue weighted by Gasteiger charge is 2.22. The van der Waals surface area contributed by atoms with Crippen LogP contribution >= 0.6 is 0 Å². The van der Waals surface area contributed by atoms with Gasteiger partial charge in [-0.15, -0.1) is 0 Å². The predicted octanol–water partition coefficient (Wildman–Crippen LogP) is 1.69. The number of ether oxygens (including phenoxy) is 4. The maximum atomic E-state index is 11.8. The largest absolute Gasteiger partial charge is 0.465 e. The summed E-state index contributed by atoms with van der Waals surface area (Å²) in [5.41, 5.74) is 0.239. The van der Waals surface area contributed by atoms with Crippen LogP contribution in [0.1, 0.15) is 35.9 Å². The topological polar surface area (TPSA) is 84.2 Å². The SMILES string of the molecule is COC(=O)c1ccoc1COC(=O)C(C)OCC1CCCO1. The monoisotopic (exact) mass is 312 g/mol. The first-order valence-electron chi connectivity index (χ1n) is 7.16. The summed E-state index contributed by atoms with van der Waals surface area (Å²) in [5, 5.41) is 0. The highest BCUT2D eigenvalue weighted by atomic mass is 16.6. The van der Waals surface area contributed by atoms with Gasteiger partial charge in [-0.1, -0.05) is 0 Å². The Morgan fingerprint density at radius 1 is 1.45 bits per heavy atom. The van der Waals surface area contributed by atoms with Crippen molar-refractivity contribution in [3.8, 4) is 0 Å². The summed E-state index contributed by atoms with van der Waals surface area (Å²) in [7, 11) is 1.27. The Morgan fingerprint density at radius 3 is 2.95 bits per heavy atom. The van der Waals surface area contributed by atoms with Crippen LogP contribution in [0.2, 0.25) is 0 Å². The van der Waals surface area contributed by atoms with E-state index in [4.69, 9.17) is 18.6 Å². The minimum absolute atomic E-state index is 0.0475. The van der Waals surface area contributed by atoms with E-state index in [0.717, 1.165) is 19.4 Å². The third-order valence-electron chi connectivity index (χ3n) is 3.38. The molecule has 1 aromatic rings. The van der Waals surface area contributed by atoms with Gasteiger partial charge in [0.2, 0.25) is 0 Å². The van der Waals surface area contributed by atoms with Gasteiger partial charge in [-0.2, -0.15) is 0 Å². The van der Waals surface area contributed by atoms with Gasteiger partial charge in [-0.25, -0.2) is 9.59 Å². The van der Waals surface area contributed by atoms with Gasteiger partial charge in [-0.05, 0) is 25.8 Å². The van der Waals surface area contributed by atoms with E-state index in [9.17, 15) is 9.59 Å². The van der Waals surface area contributed by atoms with Gasteiger partial charge < -0.3 is 23.4 Å². The molecule has 7 nitrogen and oxygen atoms in total. The molecule has 0 saturated carbocycles. The molecule has 0 aromatic carbocycles. The Labute approximate surface area is 128 Å². The fraction of sp³-hybridized carbons (Fsp3) is 0.600. The van der Waals surface area contributed by atoms with Crippen LogP contribution in [0.25, 0.3) is 0 Å². The average Bonchev–Trinajstić information content (AvgIpc) is 3.20. The summed E-state index contributed by atoms with van der Waals surface area (Å²) in [6.07, 6.45) is 2.64. The van der Waals surface area contributed by atoms with E-state index >= 15 is 0 Å². The molecule has 1 fully saturated rings. The van der Waals surface area contributed by atoms with Crippen molar-refractivity contribution < 1.29 is 33.0 Å². The average molecular weight is 312 g/mol. The Morgan fingerprint density at radius 2 is 2.27 bits per heavy atom. The summed E-state index contributed by atoms with van der Waals surface area (Å²) in [6.45, 7) is 2.57. The van der Waals surface area contributed by atoms with E-state index in [1.54, 1.807) is 6.92 Å². The fourth-order valence-corrected chi connectivity index (χ4v) is 2.09. The normalized spacial score (nSPS) is 18.9. The maximum absolute atomic E-state index is 11.8. The summed E-state index contributed by atoms with van der Waals surface area (Å²) in [6, 6.07) is 1.46. The van der Waals surface area contributed by atoms with Gasteiger partial charge in [0.1, 0.15) is 12.2 Å². The number of methoxy groups -OCH3 is 1. The van der Waals surface area contributed by atoms with Gasteiger partial charge in [0.15, 0.2) is 11.9 Å². The van der Waals surface area contributed by atoms with E-state index in [1.807, 2.05) is 0 Å². The number of esters is 2. The number of hydrogen-bond donors (Lipinski definition) is 0. The molecule has 22 heavy (non-hydrogen) atoms. The van der Waals surface area contributed by atoms with Crippen LogP contribution in [0.15, 0.2) is 16.7 Å². The highest BCUT2D eigenvalue weighted by Crippen LogP contribution is 2.15. The molecule has 7 heteroatoms. The second-order valence-corrected chi connectivity index (χ2v) is 4.97. The number of carbonyl (C=O) groups is 2. The molecule has 2 rings (SSSR count). The molecule has 2 heterocycles. The third-order valence-corrected chi connectivity index (χ3v) is 3.38. The minimum Gasteiger partial charge on any atom is -0.465 e. The fourth-order valence-electron chi connectivity index (χ4n) is 2.09. The Bertz CT molecular complexity index is 502. The molecule has 0 radical (unpaired) electrons. The van der Waals surface area contributed by atoms with Crippen LogP contribution in [0.4, 0.5) is 0 Å². The molecule has 0 spiro atoms. The third kappa shape index (κ3) is 4.32. The van der Waals surface area contributed by atoms with Crippen molar-refractivity contribution in [2.75, 3.05) is 20.3 Å². The Kier molecular flexibility index (Phi) is 5.97. The zero-order valence-electron chi connectivity index (χ0n) is 12.7. The smallest absolute Gasteiger partial charge is 0.341 e. The lowest BCUT2D eigenvalue weighted by molar-refractivity contribution is -0.159. The number of carbonyl (C=O) groups excluding carboxylic acids is 2. The molecular formula is C15H20O7. The summed E-state index contributed by atoms with van der Waals surface area (Å²) in [4.78, 5) is 23.3. The number of hydrogen-bond acceptors (Lipinski definition) is 7. The lowest BCUT2D eigenvalue weighted by Crippen LogP contribution is -2.27. The van der Waals surface area contributed by atoms with Crippen LogP contribution < -0.4 is 0 Å². The minimum atomic E-state index is -0.708. The van der Waals surface area contributed by atoms with E-state index < -0.39 is 18.0 Å². The first-order valence-corrected chi connectivity index (χ1v) is 7.16. The molecule has 0 aliphatic carbocycles. The van der Waals surface area contributed by atoms with Gasteiger partial charge in [0, 0.05) is 6.61 Å². The van der Waals surface area contributed by atoms with Crippen molar-refractivity contribution >= 4 is 11.9 Å². The lowest BCUT2D eigenvalue weighted by atomic mass is 10.2. The van der Waals surface area contributed by atoms with Crippen molar-refractivity contribution in [3.05, 3.63) is 23.7 Å². The molecule has 1 aliphatic heterocycles. The molecule has 2 atom stereocenters. The molecule has 0 N–H and O–H groups in total. The highest BCUT2D eigenvalue weighted by molar-refractivity contribution is 5.90. The molecule has 0 amide bonds. The van der Waals surface area contributed by atoms with Crippen molar-refractivity contribution in [2.24, 2.45) is 0 Å². The number of rotatable bonds is 7. The second kappa shape index (κ2) is 7.95. The second-order valence-electron chi connectivity index (χ2n) is 4.97. The van der Waals surface area contributed by atoms with Crippen LogP contribution in [-0.2, 0) is 30.3 Å². The molecule has 0 bridgehead atoms. The van der Waals surface area contributed by atoms with Gasteiger partial charge in [0.25, 0.3) is 0 Å². The lowest BCUT2D eigenvalue weighted by Gasteiger charge is -2.15. The van der Waals surface area contributed by atoms with Crippen molar-refractivity contribution in [3.63, 3.8) is 0 Å². The van der Waals surface area contributed by atoms with Crippen LogP contribution in [0.5, 0.6) is 0 Å². The zero-order valence-corrected chi connectivity index (χ0v) is 12.7. The van der Waals surface area contributed by atoms with Crippen LogP contribution in [0.3, 0.4) is 0 Å². The van der Waals surface area contributed by atoms with Gasteiger partial charge in [-0.3, -0.25) is 0 Å². The Balaban J connectivity index is 1.76. The Hall–Kier alpha value is -1.86.